The van der Waals surface area contributed by atoms with Gasteiger partial charge in [0.1, 0.15) is 5.69 Å². The highest BCUT2D eigenvalue weighted by Gasteiger charge is 2.26. The van der Waals surface area contributed by atoms with Crippen LogP contribution < -0.4 is 20.3 Å². The van der Waals surface area contributed by atoms with Crippen LogP contribution in [-0.4, -0.2) is 47.7 Å². The molecular formula is C20H21BrN6O7. The summed E-state index contributed by atoms with van der Waals surface area (Å²) in [5, 5.41) is 46.8. The Morgan fingerprint density at radius 1 is 1.24 bits per heavy atom. The van der Waals surface area contributed by atoms with E-state index in [1.54, 1.807) is 11.0 Å². The molecule has 3 N–H and O–H groups in total. The van der Waals surface area contributed by atoms with Gasteiger partial charge in [0.05, 0.1) is 58.0 Å². The van der Waals surface area contributed by atoms with E-state index in [0.29, 0.717) is 11.4 Å². The summed E-state index contributed by atoms with van der Waals surface area (Å²) in [6.45, 7) is 1.44. The standard InChI is InChI=1S/C20H21BrN6O7/c1-12(29)23-13-8-16(20(34-2)18(9-13)25(6-7-28)5-3-4-22)24-19-15(21)10-14(26(30)31)11-17(19)27(32)33/h8-11,24,28H,3,5-7H2,1-2H3,(H,23,29). The van der Waals surface area contributed by atoms with Gasteiger partial charge in [-0.2, -0.15) is 5.26 Å². The van der Waals surface area contributed by atoms with Crippen molar-refractivity contribution in [1.29, 1.82) is 5.26 Å². The summed E-state index contributed by atoms with van der Waals surface area (Å²) >= 11 is 3.14. The third-order valence-electron chi connectivity index (χ3n) is 4.52. The van der Waals surface area contributed by atoms with Gasteiger partial charge in [-0.15, -0.1) is 0 Å². The molecule has 0 spiro atoms. The van der Waals surface area contributed by atoms with Crippen molar-refractivity contribution in [3.8, 4) is 11.8 Å². The molecule has 1 amide bonds. The van der Waals surface area contributed by atoms with Crippen LogP contribution in [0.3, 0.4) is 0 Å². The van der Waals surface area contributed by atoms with Crippen LogP contribution in [0, 0.1) is 31.6 Å². The van der Waals surface area contributed by atoms with Crippen molar-refractivity contribution in [2.75, 3.05) is 42.3 Å². The van der Waals surface area contributed by atoms with Crippen molar-refractivity contribution in [2.45, 2.75) is 13.3 Å². The van der Waals surface area contributed by atoms with Gasteiger partial charge in [-0.25, -0.2) is 0 Å². The number of benzene rings is 2. The number of ether oxygens (including phenoxy) is 1. The number of aliphatic hydroxyl groups is 1. The molecule has 0 heterocycles. The second-order valence-corrected chi connectivity index (χ2v) is 7.69. The molecule has 14 heteroatoms. The van der Waals surface area contributed by atoms with E-state index in [9.17, 15) is 30.1 Å². The van der Waals surface area contributed by atoms with Crippen molar-refractivity contribution in [3.05, 3.63) is 49.0 Å². The molecule has 2 aromatic carbocycles. The average molecular weight is 537 g/mol. The normalized spacial score (nSPS) is 10.2. The van der Waals surface area contributed by atoms with E-state index in [4.69, 9.17) is 10.00 Å². The molecule has 0 atom stereocenters. The van der Waals surface area contributed by atoms with Crippen LogP contribution in [0.1, 0.15) is 13.3 Å². The maximum Gasteiger partial charge on any atom is 0.300 e. The number of non-ortho nitro benzene ring substituents is 1. The number of hydrogen-bond acceptors (Lipinski definition) is 10. The molecule has 0 aliphatic carbocycles. The number of amides is 1. The number of nitro benzene ring substituents is 2. The van der Waals surface area contributed by atoms with Gasteiger partial charge in [0.2, 0.25) is 5.91 Å². The van der Waals surface area contributed by atoms with E-state index in [1.165, 1.54) is 20.1 Å². The Hall–Kier alpha value is -3.96. The molecule has 0 aliphatic rings. The van der Waals surface area contributed by atoms with Crippen LogP contribution in [0.5, 0.6) is 5.75 Å². The van der Waals surface area contributed by atoms with Crippen LogP contribution in [0.2, 0.25) is 0 Å². The molecule has 2 aromatic rings. The highest BCUT2D eigenvalue weighted by atomic mass is 79.9. The first-order valence-electron chi connectivity index (χ1n) is 9.74. The number of halogens is 1. The molecule has 0 saturated carbocycles. The second-order valence-electron chi connectivity index (χ2n) is 6.84. The summed E-state index contributed by atoms with van der Waals surface area (Å²) < 4.78 is 5.60. The lowest BCUT2D eigenvalue weighted by Crippen LogP contribution is -2.28. The topological polar surface area (TPSA) is 184 Å². The summed E-state index contributed by atoms with van der Waals surface area (Å²) in [4.78, 5) is 34.6. The first-order valence-corrected chi connectivity index (χ1v) is 10.5. The summed E-state index contributed by atoms with van der Waals surface area (Å²) in [6.07, 6.45) is 0.135. The minimum atomic E-state index is -0.768. The largest absolute Gasteiger partial charge is 0.492 e. The average Bonchev–Trinajstić information content (AvgIpc) is 2.76. The zero-order valence-corrected chi connectivity index (χ0v) is 19.8. The van der Waals surface area contributed by atoms with Crippen molar-refractivity contribution in [3.63, 3.8) is 0 Å². The molecule has 0 radical (unpaired) electrons. The molecule has 0 aliphatic heterocycles. The molecule has 180 valence electrons. The van der Waals surface area contributed by atoms with E-state index < -0.39 is 21.2 Å². The fraction of sp³-hybridized carbons (Fsp3) is 0.300. The number of methoxy groups -OCH3 is 1. The predicted molar refractivity (Wildman–Crippen MR) is 128 cm³/mol. The molecule has 2 rings (SSSR count). The van der Waals surface area contributed by atoms with Gasteiger partial charge in [-0.1, -0.05) is 0 Å². The first-order chi connectivity index (χ1) is 16.1. The summed E-state index contributed by atoms with van der Waals surface area (Å²) in [6, 6.07) is 7.02. The van der Waals surface area contributed by atoms with Crippen LogP contribution in [-0.2, 0) is 4.79 Å². The third kappa shape index (κ3) is 6.30. The number of nitro groups is 2. The molecule has 0 aromatic heterocycles. The van der Waals surface area contributed by atoms with Crippen LogP contribution >= 0.6 is 15.9 Å². The maximum absolute atomic E-state index is 11.7. The summed E-state index contributed by atoms with van der Waals surface area (Å²) in [5.41, 5.74) is -0.208. The van der Waals surface area contributed by atoms with Gasteiger partial charge in [0.25, 0.3) is 5.69 Å². The number of nitrogens with zero attached hydrogens (tertiary/aromatic N) is 4. The number of rotatable bonds is 11. The van der Waals surface area contributed by atoms with E-state index in [2.05, 4.69) is 26.6 Å². The van der Waals surface area contributed by atoms with Crippen molar-refractivity contribution in [1.82, 2.24) is 0 Å². The summed E-state index contributed by atoms with van der Waals surface area (Å²) in [7, 11) is 1.36. The van der Waals surface area contributed by atoms with Gasteiger partial charge in [0, 0.05) is 31.8 Å². The highest BCUT2D eigenvalue weighted by molar-refractivity contribution is 9.10. The Bertz CT molecular complexity index is 1150. The first kappa shape index (κ1) is 26.3. The molecule has 13 nitrogen and oxygen atoms in total. The van der Waals surface area contributed by atoms with Crippen LogP contribution in [0.25, 0.3) is 0 Å². The van der Waals surface area contributed by atoms with Gasteiger partial charge < -0.3 is 25.4 Å². The Morgan fingerprint density at radius 2 is 1.94 bits per heavy atom. The number of anilines is 4. The second kappa shape index (κ2) is 11.8. The molecule has 34 heavy (non-hydrogen) atoms. The lowest BCUT2D eigenvalue weighted by atomic mass is 10.1. The van der Waals surface area contributed by atoms with E-state index in [1.807, 2.05) is 6.07 Å². The number of carbonyl (C=O) groups excluding carboxylic acids is 1. The minimum absolute atomic E-state index is 0.0543. The molecule has 0 unspecified atom stereocenters. The van der Waals surface area contributed by atoms with E-state index >= 15 is 0 Å². The SMILES string of the molecule is COc1c(Nc2c(Br)cc([N+](=O)[O-])cc2[N+](=O)[O-])cc(NC(C)=O)cc1N(CCO)CCC#N. The zero-order chi connectivity index (χ0) is 25.4. The van der Waals surface area contributed by atoms with Gasteiger partial charge in [-0.3, -0.25) is 25.0 Å². The van der Waals surface area contributed by atoms with Gasteiger partial charge >= 0.3 is 5.69 Å². The monoisotopic (exact) mass is 536 g/mol. The van der Waals surface area contributed by atoms with E-state index in [-0.39, 0.29) is 53.6 Å². The number of nitrogens with one attached hydrogen (secondary N) is 2. The predicted octanol–water partition coefficient (Wildman–Crippen LogP) is 3.69. The Labute approximate surface area is 202 Å². The van der Waals surface area contributed by atoms with Crippen LogP contribution in [0.4, 0.5) is 34.1 Å². The highest BCUT2D eigenvalue weighted by Crippen LogP contribution is 2.44. The zero-order valence-electron chi connectivity index (χ0n) is 18.2. The number of hydrogen-bond donors (Lipinski definition) is 3. The fourth-order valence-electron chi connectivity index (χ4n) is 3.18. The Morgan fingerprint density at radius 3 is 2.47 bits per heavy atom. The van der Waals surface area contributed by atoms with Gasteiger partial charge in [-0.05, 0) is 28.1 Å². The third-order valence-corrected chi connectivity index (χ3v) is 5.14. The molecular weight excluding hydrogens is 516 g/mol. The summed E-state index contributed by atoms with van der Waals surface area (Å²) in [5.74, 6) is -0.171. The maximum atomic E-state index is 11.7. The molecule has 0 bridgehead atoms. The minimum Gasteiger partial charge on any atom is -0.492 e. The van der Waals surface area contributed by atoms with Crippen molar-refractivity contribution in [2.24, 2.45) is 0 Å². The Kier molecular flexibility index (Phi) is 9.10. The van der Waals surface area contributed by atoms with Crippen LogP contribution in [0.15, 0.2) is 28.7 Å². The van der Waals surface area contributed by atoms with E-state index in [0.717, 1.165) is 12.1 Å². The number of carbonyl (C=O) groups is 1. The van der Waals surface area contributed by atoms with Crippen molar-refractivity contribution >= 4 is 56.0 Å². The number of aliphatic hydroxyl groups excluding tert-OH is 1. The van der Waals surface area contributed by atoms with Crippen molar-refractivity contribution < 1.29 is 24.5 Å². The van der Waals surface area contributed by atoms with Gasteiger partial charge in [0.15, 0.2) is 5.75 Å². The molecule has 0 saturated heterocycles. The smallest absolute Gasteiger partial charge is 0.300 e. The number of nitriles is 1. The lowest BCUT2D eigenvalue weighted by molar-refractivity contribution is -0.393. The Balaban J connectivity index is 2.73. The lowest BCUT2D eigenvalue weighted by Gasteiger charge is -2.27. The fourth-order valence-corrected chi connectivity index (χ4v) is 3.71. The quantitative estimate of drug-likeness (QED) is 0.282. The molecule has 0 fully saturated rings.